The first-order chi connectivity index (χ1) is 8.06. The van der Waals surface area contributed by atoms with Gasteiger partial charge in [0.2, 0.25) is 0 Å². The highest BCUT2D eigenvalue weighted by atomic mass is 79.9. The lowest BCUT2D eigenvalue weighted by Crippen LogP contribution is -2.01. The summed E-state index contributed by atoms with van der Waals surface area (Å²) in [6, 6.07) is 7.18. The van der Waals surface area contributed by atoms with Gasteiger partial charge >= 0.3 is 0 Å². The van der Waals surface area contributed by atoms with Gasteiger partial charge < -0.3 is 5.32 Å². The van der Waals surface area contributed by atoms with Gasteiger partial charge in [-0.05, 0) is 43.7 Å². The van der Waals surface area contributed by atoms with E-state index >= 15 is 0 Å². The Bertz CT molecular complexity index is 536. The van der Waals surface area contributed by atoms with Crippen molar-refractivity contribution < 1.29 is 4.39 Å². The summed E-state index contributed by atoms with van der Waals surface area (Å²) in [6.45, 7) is 4.84. The minimum atomic E-state index is -0.232. The van der Waals surface area contributed by atoms with E-state index in [1.807, 2.05) is 6.07 Å². The fourth-order valence-corrected chi connectivity index (χ4v) is 2.96. The molecule has 0 saturated carbocycles. The molecule has 2 rings (SSSR count). The Labute approximate surface area is 113 Å². The first-order valence-electron chi connectivity index (χ1n) is 5.31. The second-order valence-electron chi connectivity index (χ2n) is 3.92. The van der Waals surface area contributed by atoms with E-state index < -0.39 is 0 Å². The molecule has 0 radical (unpaired) electrons. The third-order valence-electron chi connectivity index (χ3n) is 2.54. The molecule has 1 heterocycles. The summed E-state index contributed by atoms with van der Waals surface area (Å²) in [5, 5.41) is 3.12. The Kier molecular flexibility index (Phi) is 3.84. The van der Waals surface area contributed by atoms with Crippen molar-refractivity contribution in [3.8, 4) is 0 Å². The molecule has 1 aromatic carbocycles. The monoisotopic (exact) mass is 313 g/mol. The molecular weight excluding hydrogens is 301 g/mol. The van der Waals surface area contributed by atoms with E-state index in [0.29, 0.717) is 12.2 Å². The van der Waals surface area contributed by atoms with Crippen molar-refractivity contribution in [3.05, 3.63) is 49.9 Å². The molecule has 1 N–H and O–H groups in total. The number of rotatable bonds is 3. The molecule has 0 bridgehead atoms. The van der Waals surface area contributed by atoms with Crippen molar-refractivity contribution in [2.75, 3.05) is 5.32 Å². The van der Waals surface area contributed by atoms with Gasteiger partial charge in [0.15, 0.2) is 0 Å². The minimum absolute atomic E-state index is 0.232. The molecule has 0 aliphatic heterocycles. The summed E-state index contributed by atoms with van der Waals surface area (Å²) < 4.78 is 14.3. The Morgan fingerprint density at radius 1 is 1.29 bits per heavy atom. The summed E-state index contributed by atoms with van der Waals surface area (Å²) in [5.74, 6) is -0.232. The average Bonchev–Trinajstić information content (AvgIpc) is 2.56. The van der Waals surface area contributed by atoms with Crippen molar-refractivity contribution in [2.45, 2.75) is 20.4 Å². The maximum Gasteiger partial charge on any atom is 0.147 e. The molecule has 0 spiro atoms. The lowest BCUT2D eigenvalue weighted by Gasteiger charge is -2.07. The highest BCUT2D eigenvalue weighted by molar-refractivity contribution is 9.10. The maximum atomic E-state index is 13.6. The van der Waals surface area contributed by atoms with E-state index in [1.54, 1.807) is 17.4 Å². The predicted octanol–water partition coefficient (Wildman–Crippen LogP) is 4.88. The third-order valence-corrected chi connectivity index (χ3v) is 4.05. The molecule has 4 heteroatoms. The molecular formula is C13H13BrFNS. The van der Waals surface area contributed by atoms with Gasteiger partial charge in [-0.15, -0.1) is 11.3 Å². The Morgan fingerprint density at radius 3 is 2.65 bits per heavy atom. The topological polar surface area (TPSA) is 12.0 Å². The molecule has 17 heavy (non-hydrogen) atoms. The number of hydrogen-bond acceptors (Lipinski definition) is 2. The molecule has 1 nitrogen and oxygen atoms in total. The first kappa shape index (κ1) is 12.6. The lowest BCUT2D eigenvalue weighted by molar-refractivity contribution is 0.629. The van der Waals surface area contributed by atoms with E-state index in [-0.39, 0.29) is 5.82 Å². The number of thiophene rings is 1. The van der Waals surface area contributed by atoms with Crippen molar-refractivity contribution in [3.63, 3.8) is 0 Å². The lowest BCUT2D eigenvalue weighted by atomic mass is 10.2. The van der Waals surface area contributed by atoms with Crippen LogP contribution in [0.4, 0.5) is 10.1 Å². The number of anilines is 1. The standard InChI is InChI=1S/C13H13BrFNS/c1-8-5-10(9(2)17-8)7-16-13-4-3-11(14)6-12(13)15/h3-6,16H,7H2,1-2H3. The van der Waals surface area contributed by atoms with Crippen LogP contribution >= 0.6 is 27.3 Å². The van der Waals surface area contributed by atoms with Crippen LogP contribution in [0.15, 0.2) is 28.7 Å². The molecule has 0 saturated heterocycles. The second kappa shape index (κ2) is 5.19. The molecule has 0 aliphatic rings. The quantitative estimate of drug-likeness (QED) is 0.851. The molecule has 90 valence electrons. The number of nitrogens with one attached hydrogen (secondary N) is 1. The highest BCUT2D eigenvalue weighted by Crippen LogP contribution is 2.23. The Hall–Kier alpha value is -0.870. The third kappa shape index (κ3) is 3.07. The SMILES string of the molecule is Cc1cc(CNc2ccc(Br)cc2F)c(C)s1. The fraction of sp³-hybridized carbons (Fsp3) is 0.231. The smallest absolute Gasteiger partial charge is 0.147 e. The van der Waals surface area contributed by atoms with E-state index in [0.717, 1.165) is 4.47 Å². The zero-order valence-corrected chi connectivity index (χ0v) is 12.1. The minimum Gasteiger partial charge on any atom is -0.379 e. The summed E-state index contributed by atoms with van der Waals surface area (Å²) >= 11 is 5.01. The molecule has 2 aromatic rings. The summed E-state index contributed by atoms with van der Waals surface area (Å²) in [7, 11) is 0. The van der Waals surface area contributed by atoms with Crippen LogP contribution < -0.4 is 5.32 Å². The number of hydrogen-bond donors (Lipinski definition) is 1. The molecule has 0 unspecified atom stereocenters. The zero-order valence-electron chi connectivity index (χ0n) is 9.68. The van der Waals surface area contributed by atoms with Gasteiger partial charge in [0.05, 0.1) is 5.69 Å². The van der Waals surface area contributed by atoms with E-state index in [4.69, 9.17) is 0 Å². The van der Waals surface area contributed by atoms with Gasteiger partial charge in [0, 0.05) is 20.8 Å². The first-order valence-corrected chi connectivity index (χ1v) is 6.92. The van der Waals surface area contributed by atoms with Gasteiger partial charge in [-0.3, -0.25) is 0 Å². The summed E-state index contributed by atoms with van der Waals surface area (Å²) in [5.41, 5.74) is 1.77. The van der Waals surface area contributed by atoms with Crippen LogP contribution in [-0.4, -0.2) is 0 Å². The van der Waals surface area contributed by atoms with Crippen molar-refractivity contribution >= 4 is 33.0 Å². The van der Waals surface area contributed by atoms with Crippen LogP contribution in [0.2, 0.25) is 0 Å². The number of halogens is 2. The zero-order chi connectivity index (χ0) is 12.4. The normalized spacial score (nSPS) is 10.6. The van der Waals surface area contributed by atoms with E-state index in [2.05, 4.69) is 41.2 Å². The Balaban J connectivity index is 2.10. The molecule has 0 amide bonds. The molecule has 0 fully saturated rings. The van der Waals surface area contributed by atoms with Crippen molar-refractivity contribution in [2.24, 2.45) is 0 Å². The van der Waals surface area contributed by atoms with E-state index in [9.17, 15) is 4.39 Å². The van der Waals surface area contributed by atoms with Gasteiger partial charge in [-0.1, -0.05) is 15.9 Å². The van der Waals surface area contributed by atoms with Crippen LogP contribution in [-0.2, 0) is 6.54 Å². The maximum absolute atomic E-state index is 13.6. The van der Waals surface area contributed by atoms with Gasteiger partial charge in [-0.2, -0.15) is 0 Å². The van der Waals surface area contributed by atoms with Crippen LogP contribution in [0.3, 0.4) is 0 Å². The van der Waals surface area contributed by atoms with Crippen LogP contribution in [0.1, 0.15) is 15.3 Å². The van der Waals surface area contributed by atoms with Crippen molar-refractivity contribution in [1.82, 2.24) is 0 Å². The van der Waals surface area contributed by atoms with Gasteiger partial charge in [-0.25, -0.2) is 4.39 Å². The van der Waals surface area contributed by atoms with Crippen LogP contribution in [0, 0.1) is 19.7 Å². The number of benzene rings is 1. The number of aryl methyl sites for hydroxylation is 2. The summed E-state index contributed by atoms with van der Waals surface area (Å²) in [4.78, 5) is 2.57. The van der Waals surface area contributed by atoms with Crippen molar-refractivity contribution in [1.29, 1.82) is 0 Å². The molecule has 1 aromatic heterocycles. The average molecular weight is 314 g/mol. The second-order valence-corrected chi connectivity index (χ2v) is 6.29. The molecule has 0 aliphatic carbocycles. The predicted molar refractivity (Wildman–Crippen MR) is 75.2 cm³/mol. The fourth-order valence-electron chi connectivity index (χ4n) is 1.68. The van der Waals surface area contributed by atoms with Crippen LogP contribution in [0.5, 0.6) is 0 Å². The van der Waals surface area contributed by atoms with E-state index in [1.165, 1.54) is 21.4 Å². The Morgan fingerprint density at radius 2 is 2.06 bits per heavy atom. The largest absolute Gasteiger partial charge is 0.379 e. The molecule has 0 atom stereocenters. The van der Waals surface area contributed by atoms with Crippen LogP contribution in [0.25, 0.3) is 0 Å². The highest BCUT2D eigenvalue weighted by Gasteiger charge is 2.05. The van der Waals surface area contributed by atoms with Gasteiger partial charge in [0.25, 0.3) is 0 Å². The van der Waals surface area contributed by atoms with Gasteiger partial charge in [0.1, 0.15) is 5.82 Å². The summed E-state index contributed by atoms with van der Waals surface area (Å²) in [6.07, 6.45) is 0.